The zero-order valence-electron chi connectivity index (χ0n) is 5.85. The number of hydrogen-bond acceptors (Lipinski definition) is 3. The summed E-state index contributed by atoms with van der Waals surface area (Å²) in [4.78, 5) is 16.5. The quantitative estimate of drug-likeness (QED) is 0.586. The van der Waals surface area contributed by atoms with Crippen LogP contribution in [0.5, 0.6) is 0 Å². The van der Waals surface area contributed by atoms with Crippen LogP contribution in [0.1, 0.15) is 6.92 Å². The predicted molar refractivity (Wildman–Crippen MR) is 34.5 cm³/mol. The highest BCUT2D eigenvalue weighted by atomic mass is 31.2. The van der Waals surface area contributed by atoms with E-state index in [2.05, 4.69) is 9.26 Å². The number of hydrogen-bond donors (Lipinski definition) is 2. The number of phosphoric acid groups is 1. The molecule has 1 atom stereocenters. The zero-order valence-corrected chi connectivity index (χ0v) is 6.75. The maximum atomic E-state index is 10.1. The maximum absolute atomic E-state index is 10.1. The highest BCUT2D eigenvalue weighted by Gasteiger charge is 2.18. The van der Waals surface area contributed by atoms with Gasteiger partial charge in [-0.2, -0.15) is 0 Å². The Labute approximate surface area is 59.2 Å². The lowest BCUT2D eigenvalue weighted by Crippen LogP contribution is -2.12. The fourth-order valence-corrected chi connectivity index (χ4v) is 1.03. The number of ether oxygens (including phenoxy) is 1. The van der Waals surface area contributed by atoms with Crippen molar-refractivity contribution in [2.45, 2.75) is 13.0 Å². The van der Waals surface area contributed by atoms with Crippen LogP contribution in [0.4, 0.5) is 0 Å². The lowest BCUT2D eigenvalue weighted by molar-refractivity contribution is 0.0672. The van der Waals surface area contributed by atoms with Crippen LogP contribution in [-0.4, -0.2) is 29.6 Å². The standard InChI is InChI=1S/C4H11O5P/c1-4(3-8-2)9-10(5,6)7/h4H,3H2,1-2H3,(H2,5,6,7)/t4-/m0/s1. The van der Waals surface area contributed by atoms with Crippen LogP contribution in [0.15, 0.2) is 0 Å². The minimum atomic E-state index is -4.33. The van der Waals surface area contributed by atoms with E-state index in [1.54, 1.807) is 0 Å². The van der Waals surface area contributed by atoms with Gasteiger partial charge in [-0.3, -0.25) is 4.52 Å². The summed E-state index contributed by atoms with van der Waals surface area (Å²) in [6.45, 7) is 1.69. The van der Waals surface area contributed by atoms with E-state index in [-0.39, 0.29) is 6.61 Å². The molecule has 6 heteroatoms. The molecule has 0 aromatic heterocycles. The van der Waals surface area contributed by atoms with Crippen LogP contribution in [0.25, 0.3) is 0 Å². The lowest BCUT2D eigenvalue weighted by atomic mass is 10.5. The Bertz CT molecular complexity index is 130. The first-order chi connectivity index (χ1) is 4.45. The Morgan fingerprint density at radius 2 is 2.10 bits per heavy atom. The molecular weight excluding hydrogens is 159 g/mol. The number of methoxy groups -OCH3 is 1. The van der Waals surface area contributed by atoms with Crippen molar-refractivity contribution in [2.75, 3.05) is 13.7 Å². The van der Waals surface area contributed by atoms with Gasteiger partial charge in [-0.05, 0) is 6.92 Å². The molecule has 0 radical (unpaired) electrons. The smallest absolute Gasteiger partial charge is 0.382 e. The molecule has 10 heavy (non-hydrogen) atoms. The van der Waals surface area contributed by atoms with Gasteiger partial charge in [0.1, 0.15) is 0 Å². The molecule has 0 fully saturated rings. The Balaban J connectivity index is 3.58. The number of phosphoric ester groups is 1. The Morgan fingerprint density at radius 3 is 2.40 bits per heavy atom. The summed E-state index contributed by atoms with van der Waals surface area (Å²) in [5.74, 6) is 0. The molecule has 0 bridgehead atoms. The van der Waals surface area contributed by atoms with Gasteiger partial charge in [0.15, 0.2) is 0 Å². The van der Waals surface area contributed by atoms with Crippen LogP contribution in [0.2, 0.25) is 0 Å². The summed E-state index contributed by atoms with van der Waals surface area (Å²) in [5.41, 5.74) is 0. The van der Waals surface area contributed by atoms with Crippen molar-refractivity contribution in [1.82, 2.24) is 0 Å². The summed E-state index contributed by atoms with van der Waals surface area (Å²) < 4.78 is 18.9. The second kappa shape index (κ2) is 4.05. The van der Waals surface area contributed by atoms with Gasteiger partial charge in [0, 0.05) is 7.11 Å². The average molecular weight is 170 g/mol. The van der Waals surface area contributed by atoms with Crippen molar-refractivity contribution in [3.63, 3.8) is 0 Å². The molecule has 0 saturated heterocycles. The van der Waals surface area contributed by atoms with Crippen molar-refractivity contribution in [3.8, 4) is 0 Å². The molecular formula is C4H11O5P. The Morgan fingerprint density at radius 1 is 1.60 bits per heavy atom. The third-order valence-electron chi connectivity index (χ3n) is 0.719. The molecule has 0 rings (SSSR count). The van der Waals surface area contributed by atoms with Crippen LogP contribution in [-0.2, 0) is 13.8 Å². The van der Waals surface area contributed by atoms with Crippen molar-refractivity contribution in [1.29, 1.82) is 0 Å². The molecule has 0 amide bonds. The van der Waals surface area contributed by atoms with Crippen molar-refractivity contribution >= 4 is 7.82 Å². The van der Waals surface area contributed by atoms with Gasteiger partial charge >= 0.3 is 7.82 Å². The molecule has 0 aromatic rings. The maximum Gasteiger partial charge on any atom is 0.469 e. The van der Waals surface area contributed by atoms with Gasteiger partial charge < -0.3 is 14.5 Å². The van der Waals surface area contributed by atoms with Gasteiger partial charge in [0.05, 0.1) is 12.7 Å². The molecule has 0 aromatic carbocycles. The molecule has 62 valence electrons. The molecule has 0 aliphatic carbocycles. The van der Waals surface area contributed by atoms with Crippen molar-refractivity contribution < 1.29 is 23.6 Å². The summed E-state index contributed by atoms with van der Waals surface area (Å²) >= 11 is 0. The first-order valence-electron chi connectivity index (χ1n) is 2.68. The van der Waals surface area contributed by atoms with Crippen LogP contribution in [0, 0.1) is 0 Å². The highest BCUT2D eigenvalue weighted by molar-refractivity contribution is 7.46. The van der Waals surface area contributed by atoms with Crippen LogP contribution in [0.3, 0.4) is 0 Å². The van der Waals surface area contributed by atoms with Crippen LogP contribution < -0.4 is 0 Å². The van der Waals surface area contributed by atoms with Crippen LogP contribution >= 0.6 is 7.82 Å². The molecule has 5 nitrogen and oxygen atoms in total. The van der Waals surface area contributed by atoms with Gasteiger partial charge in [-0.15, -0.1) is 0 Å². The summed E-state index contributed by atoms with van der Waals surface area (Å²) in [5, 5.41) is 0. The molecule has 2 N–H and O–H groups in total. The van der Waals surface area contributed by atoms with E-state index >= 15 is 0 Å². The third kappa shape index (κ3) is 6.19. The topological polar surface area (TPSA) is 76.0 Å². The monoisotopic (exact) mass is 170 g/mol. The SMILES string of the molecule is COC[C@H](C)OP(=O)(O)O. The molecule has 0 unspecified atom stereocenters. The molecule has 0 heterocycles. The Kier molecular flexibility index (Phi) is 4.08. The van der Waals surface area contributed by atoms with Crippen molar-refractivity contribution in [2.24, 2.45) is 0 Å². The molecule has 0 aliphatic heterocycles. The minimum Gasteiger partial charge on any atom is -0.382 e. The first-order valence-corrected chi connectivity index (χ1v) is 4.21. The minimum absolute atomic E-state index is 0.172. The van der Waals surface area contributed by atoms with E-state index in [0.29, 0.717) is 0 Å². The predicted octanol–water partition coefficient (Wildman–Crippen LogP) is 0.131. The third-order valence-corrected chi connectivity index (χ3v) is 1.35. The van der Waals surface area contributed by atoms with Gasteiger partial charge in [-0.25, -0.2) is 4.57 Å². The molecule has 0 saturated carbocycles. The molecule has 0 spiro atoms. The number of rotatable bonds is 4. The van der Waals surface area contributed by atoms with E-state index in [0.717, 1.165) is 0 Å². The van der Waals surface area contributed by atoms with E-state index < -0.39 is 13.9 Å². The Hall–Kier alpha value is 0.0700. The fourth-order valence-electron chi connectivity index (χ4n) is 0.500. The highest BCUT2D eigenvalue weighted by Crippen LogP contribution is 2.37. The largest absolute Gasteiger partial charge is 0.469 e. The van der Waals surface area contributed by atoms with E-state index in [9.17, 15) is 4.57 Å². The first kappa shape index (κ1) is 10.1. The lowest BCUT2D eigenvalue weighted by Gasteiger charge is -2.11. The van der Waals surface area contributed by atoms with E-state index in [4.69, 9.17) is 9.79 Å². The summed E-state index contributed by atoms with van der Waals surface area (Å²) in [7, 11) is -2.90. The zero-order chi connectivity index (χ0) is 8.20. The summed E-state index contributed by atoms with van der Waals surface area (Å²) in [6.07, 6.45) is -0.578. The normalized spacial score (nSPS) is 15.2. The van der Waals surface area contributed by atoms with E-state index in [1.807, 2.05) is 0 Å². The average Bonchev–Trinajstić information content (AvgIpc) is 1.59. The van der Waals surface area contributed by atoms with Gasteiger partial charge in [0.2, 0.25) is 0 Å². The van der Waals surface area contributed by atoms with Gasteiger partial charge in [0.25, 0.3) is 0 Å². The van der Waals surface area contributed by atoms with E-state index in [1.165, 1.54) is 14.0 Å². The molecule has 0 aliphatic rings. The summed E-state index contributed by atoms with van der Waals surface area (Å²) in [6, 6.07) is 0. The second-order valence-electron chi connectivity index (χ2n) is 1.86. The fraction of sp³-hybridized carbons (Fsp3) is 1.00. The second-order valence-corrected chi connectivity index (χ2v) is 3.05. The van der Waals surface area contributed by atoms with Gasteiger partial charge in [-0.1, -0.05) is 0 Å². The van der Waals surface area contributed by atoms with Crippen molar-refractivity contribution in [3.05, 3.63) is 0 Å².